The number of nitrogens with zero attached hydrogens (tertiary/aromatic N) is 1. The normalized spacial score (nSPS) is 17.1. The zero-order valence-corrected chi connectivity index (χ0v) is 11.6. The van der Waals surface area contributed by atoms with Crippen LogP contribution in [0.4, 0.5) is 5.69 Å². The summed E-state index contributed by atoms with van der Waals surface area (Å²) in [6.45, 7) is 0.581. The Hall–Kier alpha value is -1.66. The van der Waals surface area contributed by atoms with E-state index in [1.54, 1.807) is 6.07 Å². The predicted octanol–water partition coefficient (Wildman–Crippen LogP) is 2.00. The van der Waals surface area contributed by atoms with Crippen molar-refractivity contribution in [1.29, 1.82) is 0 Å². The Morgan fingerprint density at radius 2 is 2.10 bits per heavy atom. The summed E-state index contributed by atoms with van der Waals surface area (Å²) in [5.74, 6) is 0.473. The highest BCUT2D eigenvalue weighted by molar-refractivity contribution is 5.42. The summed E-state index contributed by atoms with van der Waals surface area (Å²) >= 11 is 0. The van der Waals surface area contributed by atoms with Crippen LogP contribution < -0.4 is 10.1 Å². The first-order valence-corrected chi connectivity index (χ1v) is 6.77. The number of nitro groups is 1. The SMILES string of the molecule is COc1cc(CNC2(CO)CCCC2)cc([N+](=O)[O-])c1. The molecule has 110 valence electrons. The standard InChI is InChI=1S/C14H20N2O4/c1-20-13-7-11(6-12(8-13)16(18)19)9-15-14(10-17)4-2-3-5-14/h6-8,15,17H,2-5,9-10H2,1H3. The van der Waals surface area contributed by atoms with Crippen LogP contribution in [0.3, 0.4) is 0 Å². The average Bonchev–Trinajstić information content (AvgIpc) is 2.94. The van der Waals surface area contributed by atoms with E-state index in [2.05, 4.69) is 5.32 Å². The van der Waals surface area contributed by atoms with Crippen molar-refractivity contribution in [3.8, 4) is 5.75 Å². The zero-order chi connectivity index (χ0) is 14.6. The third kappa shape index (κ3) is 3.26. The van der Waals surface area contributed by atoms with Crippen LogP contribution in [0.1, 0.15) is 31.2 Å². The molecule has 1 aromatic rings. The van der Waals surface area contributed by atoms with Crippen LogP contribution in [-0.4, -0.2) is 29.3 Å². The highest BCUT2D eigenvalue weighted by Crippen LogP contribution is 2.30. The van der Waals surface area contributed by atoms with E-state index in [4.69, 9.17) is 4.74 Å². The summed E-state index contributed by atoms with van der Waals surface area (Å²) in [5.41, 5.74) is 0.569. The maximum Gasteiger partial charge on any atom is 0.273 e. The Morgan fingerprint density at radius 1 is 1.40 bits per heavy atom. The van der Waals surface area contributed by atoms with Gasteiger partial charge in [0, 0.05) is 18.2 Å². The Balaban J connectivity index is 2.12. The van der Waals surface area contributed by atoms with E-state index >= 15 is 0 Å². The smallest absolute Gasteiger partial charge is 0.273 e. The van der Waals surface area contributed by atoms with Gasteiger partial charge in [-0.25, -0.2) is 0 Å². The molecule has 0 aromatic heterocycles. The third-order valence-corrected chi connectivity index (χ3v) is 3.93. The summed E-state index contributed by atoms with van der Waals surface area (Å²) in [5, 5.41) is 23.8. The van der Waals surface area contributed by atoms with E-state index in [9.17, 15) is 15.2 Å². The number of hydrogen-bond donors (Lipinski definition) is 2. The van der Waals surface area contributed by atoms with Crippen LogP contribution in [-0.2, 0) is 6.54 Å². The van der Waals surface area contributed by atoms with Gasteiger partial charge in [0.15, 0.2) is 0 Å². The third-order valence-electron chi connectivity index (χ3n) is 3.93. The number of benzene rings is 1. The number of nitrogens with one attached hydrogen (secondary N) is 1. The van der Waals surface area contributed by atoms with Crippen LogP contribution in [0.15, 0.2) is 18.2 Å². The van der Waals surface area contributed by atoms with Gasteiger partial charge in [0.2, 0.25) is 0 Å². The molecule has 0 bridgehead atoms. The van der Waals surface area contributed by atoms with E-state index in [0.717, 1.165) is 31.2 Å². The molecule has 0 heterocycles. The summed E-state index contributed by atoms with van der Waals surface area (Å²) in [6.07, 6.45) is 4.09. The van der Waals surface area contributed by atoms with Crippen LogP contribution in [0, 0.1) is 10.1 Å². The van der Waals surface area contributed by atoms with Gasteiger partial charge in [-0.15, -0.1) is 0 Å². The minimum Gasteiger partial charge on any atom is -0.496 e. The molecule has 1 aliphatic rings. The molecule has 6 nitrogen and oxygen atoms in total. The minimum atomic E-state index is -0.427. The van der Waals surface area contributed by atoms with Crippen molar-refractivity contribution in [3.05, 3.63) is 33.9 Å². The quantitative estimate of drug-likeness (QED) is 0.615. The molecular formula is C14H20N2O4. The fourth-order valence-corrected chi connectivity index (χ4v) is 2.70. The van der Waals surface area contributed by atoms with Gasteiger partial charge in [0.1, 0.15) is 5.75 Å². The average molecular weight is 280 g/mol. The highest BCUT2D eigenvalue weighted by atomic mass is 16.6. The van der Waals surface area contributed by atoms with Gasteiger partial charge < -0.3 is 15.2 Å². The number of aliphatic hydroxyl groups is 1. The van der Waals surface area contributed by atoms with Gasteiger partial charge in [-0.1, -0.05) is 12.8 Å². The molecule has 0 aliphatic heterocycles. The summed E-state index contributed by atoms with van der Waals surface area (Å²) in [6, 6.07) is 4.72. The molecule has 2 N–H and O–H groups in total. The fraction of sp³-hybridized carbons (Fsp3) is 0.571. The molecule has 0 spiro atoms. The van der Waals surface area contributed by atoms with Crippen molar-refractivity contribution in [2.45, 2.75) is 37.8 Å². The topological polar surface area (TPSA) is 84.6 Å². The lowest BCUT2D eigenvalue weighted by atomic mass is 9.98. The Morgan fingerprint density at radius 3 is 2.65 bits per heavy atom. The molecule has 1 fully saturated rings. The van der Waals surface area contributed by atoms with Gasteiger partial charge in [-0.2, -0.15) is 0 Å². The predicted molar refractivity (Wildman–Crippen MR) is 74.8 cm³/mol. The second-order valence-electron chi connectivity index (χ2n) is 5.30. The second-order valence-corrected chi connectivity index (χ2v) is 5.30. The number of hydrogen-bond acceptors (Lipinski definition) is 5. The largest absolute Gasteiger partial charge is 0.496 e. The zero-order valence-electron chi connectivity index (χ0n) is 11.6. The minimum absolute atomic E-state index is 0.0191. The highest BCUT2D eigenvalue weighted by Gasteiger charge is 2.32. The molecular weight excluding hydrogens is 260 g/mol. The van der Waals surface area contributed by atoms with E-state index < -0.39 is 4.92 Å². The van der Waals surface area contributed by atoms with Gasteiger partial charge in [0.05, 0.1) is 24.7 Å². The summed E-state index contributed by atoms with van der Waals surface area (Å²) in [7, 11) is 1.49. The molecule has 20 heavy (non-hydrogen) atoms. The van der Waals surface area contributed by atoms with Crippen molar-refractivity contribution in [2.24, 2.45) is 0 Å². The van der Waals surface area contributed by atoms with E-state index in [0.29, 0.717) is 12.3 Å². The Bertz CT molecular complexity index is 484. The van der Waals surface area contributed by atoms with Gasteiger partial charge in [-0.05, 0) is 24.5 Å². The monoisotopic (exact) mass is 280 g/mol. The number of aliphatic hydroxyl groups excluding tert-OH is 1. The molecule has 0 unspecified atom stereocenters. The van der Waals surface area contributed by atoms with Crippen molar-refractivity contribution >= 4 is 5.69 Å². The Labute approximate surface area is 117 Å². The molecule has 1 aromatic carbocycles. The number of methoxy groups -OCH3 is 1. The molecule has 0 radical (unpaired) electrons. The van der Waals surface area contributed by atoms with E-state index in [1.807, 2.05) is 0 Å². The van der Waals surface area contributed by atoms with Crippen LogP contribution in [0.25, 0.3) is 0 Å². The fourth-order valence-electron chi connectivity index (χ4n) is 2.70. The van der Waals surface area contributed by atoms with Gasteiger partial charge in [-0.3, -0.25) is 10.1 Å². The number of ether oxygens (including phenoxy) is 1. The molecule has 1 saturated carbocycles. The first-order chi connectivity index (χ1) is 9.58. The van der Waals surface area contributed by atoms with Crippen molar-refractivity contribution in [2.75, 3.05) is 13.7 Å². The molecule has 0 atom stereocenters. The first-order valence-electron chi connectivity index (χ1n) is 6.77. The lowest BCUT2D eigenvalue weighted by molar-refractivity contribution is -0.385. The van der Waals surface area contributed by atoms with E-state index in [-0.39, 0.29) is 17.8 Å². The number of nitro benzene ring substituents is 1. The first kappa shape index (κ1) is 14.7. The van der Waals surface area contributed by atoms with E-state index in [1.165, 1.54) is 19.2 Å². The second kappa shape index (κ2) is 6.19. The molecule has 1 aliphatic carbocycles. The van der Waals surface area contributed by atoms with Crippen molar-refractivity contribution in [3.63, 3.8) is 0 Å². The molecule has 0 saturated heterocycles. The molecule has 6 heteroatoms. The Kier molecular flexibility index (Phi) is 4.57. The lowest BCUT2D eigenvalue weighted by Crippen LogP contribution is -2.45. The molecule has 2 rings (SSSR count). The maximum absolute atomic E-state index is 10.9. The van der Waals surface area contributed by atoms with Gasteiger partial charge >= 0.3 is 0 Å². The molecule has 0 amide bonds. The van der Waals surface area contributed by atoms with Crippen molar-refractivity contribution in [1.82, 2.24) is 5.32 Å². The lowest BCUT2D eigenvalue weighted by Gasteiger charge is -2.28. The summed E-state index contributed by atoms with van der Waals surface area (Å²) in [4.78, 5) is 10.5. The maximum atomic E-state index is 10.9. The number of rotatable bonds is 6. The van der Waals surface area contributed by atoms with Crippen LogP contribution >= 0.6 is 0 Å². The van der Waals surface area contributed by atoms with Crippen molar-refractivity contribution < 1.29 is 14.8 Å². The van der Waals surface area contributed by atoms with Gasteiger partial charge in [0.25, 0.3) is 5.69 Å². The van der Waals surface area contributed by atoms with Crippen LogP contribution in [0.2, 0.25) is 0 Å². The van der Waals surface area contributed by atoms with Crippen LogP contribution in [0.5, 0.6) is 5.75 Å². The summed E-state index contributed by atoms with van der Waals surface area (Å²) < 4.78 is 5.09. The number of non-ortho nitro benzene ring substituents is 1.